The van der Waals surface area contributed by atoms with Gasteiger partial charge < -0.3 is 10.2 Å². The third-order valence-electron chi connectivity index (χ3n) is 4.61. The van der Waals surface area contributed by atoms with Crippen molar-refractivity contribution >= 4 is 5.95 Å². The molecule has 20 heavy (non-hydrogen) atoms. The summed E-state index contributed by atoms with van der Waals surface area (Å²) in [6.07, 6.45) is 7.02. The summed E-state index contributed by atoms with van der Waals surface area (Å²) in [5.41, 5.74) is 2.76. The Hall–Kier alpha value is -1.16. The largest absolute Gasteiger partial charge is 0.341 e. The van der Waals surface area contributed by atoms with E-state index in [0.717, 1.165) is 18.2 Å². The summed E-state index contributed by atoms with van der Waals surface area (Å²) in [7, 11) is 4.08. The fraction of sp³-hybridized carbons (Fsp3) is 0.750. The third-order valence-corrected chi connectivity index (χ3v) is 4.61. The minimum absolute atomic E-state index is 0.505. The highest BCUT2D eigenvalue weighted by molar-refractivity contribution is 5.33. The first-order valence-electron chi connectivity index (χ1n) is 7.63. The molecule has 4 heteroatoms. The maximum Gasteiger partial charge on any atom is 0.225 e. The van der Waals surface area contributed by atoms with Gasteiger partial charge in [-0.05, 0) is 45.1 Å². The van der Waals surface area contributed by atoms with Crippen molar-refractivity contribution in [2.24, 2.45) is 5.41 Å². The highest BCUT2D eigenvalue weighted by atomic mass is 15.3. The van der Waals surface area contributed by atoms with Gasteiger partial charge in [0.05, 0.1) is 0 Å². The number of nitrogens with one attached hydrogen (secondary N) is 1. The van der Waals surface area contributed by atoms with Crippen LogP contribution in [0.25, 0.3) is 0 Å². The van der Waals surface area contributed by atoms with Gasteiger partial charge in [0, 0.05) is 37.1 Å². The minimum Gasteiger partial charge on any atom is -0.341 e. The zero-order valence-corrected chi connectivity index (χ0v) is 13.5. The number of hydrogen-bond acceptors (Lipinski definition) is 4. The number of anilines is 1. The highest BCUT2D eigenvalue weighted by Gasteiger charge is 2.29. The van der Waals surface area contributed by atoms with Crippen LogP contribution in [0.5, 0.6) is 0 Å². The fourth-order valence-electron chi connectivity index (χ4n) is 2.95. The Kier molecular flexibility index (Phi) is 4.63. The molecule has 1 aromatic heterocycles. The van der Waals surface area contributed by atoms with Crippen LogP contribution in [0.15, 0.2) is 6.20 Å². The number of aromatic nitrogens is 2. The zero-order chi connectivity index (χ0) is 14.8. The van der Waals surface area contributed by atoms with Gasteiger partial charge in [-0.2, -0.15) is 0 Å². The molecule has 0 atom stereocenters. The van der Waals surface area contributed by atoms with Crippen LogP contribution in [0, 0.1) is 12.3 Å². The maximum absolute atomic E-state index is 4.68. The molecule has 2 rings (SSSR count). The van der Waals surface area contributed by atoms with Crippen LogP contribution in [0.4, 0.5) is 5.95 Å². The molecule has 1 aliphatic rings. The van der Waals surface area contributed by atoms with Gasteiger partial charge in [0.2, 0.25) is 5.95 Å². The lowest BCUT2D eigenvalue weighted by Gasteiger charge is -2.38. The predicted molar refractivity (Wildman–Crippen MR) is 84.0 cm³/mol. The van der Waals surface area contributed by atoms with E-state index in [0.29, 0.717) is 11.5 Å². The van der Waals surface area contributed by atoms with Gasteiger partial charge in [-0.3, -0.25) is 0 Å². The Morgan fingerprint density at radius 1 is 1.35 bits per heavy atom. The first kappa shape index (κ1) is 15.2. The standard InChI is InChI=1S/C16H28N4/c1-12-13(10-17-4)11-18-15(19-12)20(5)14-6-8-16(2,3)9-7-14/h11,14,17H,6-10H2,1-5H3. The normalized spacial score (nSPS) is 19.1. The van der Waals surface area contributed by atoms with E-state index in [1.54, 1.807) is 0 Å². The van der Waals surface area contributed by atoms with E-state index in [4.69, 9.17) is 0 Å². The molecule has 4 nitrogen and oxygen atoms in total. The molecule has 0 spiro atoms. The lowest BCUT2D eigenvalue weighted by molar-refractivity contribution is 0.222. The maximum atomic E-state index is 4.68. The lowest BCUT2D eigenvalue weighted by Crippen LogP contribution is -2.38. The van der Waals surface area contributed by atoms with Gasteiger partial charge in [0.25, 0.3) is 0 Å². The summed E-state index contributed by atoms with van der Waals surface area (Å²) in [5.74, 6) is 0.868. The number of aryl methyl sites for hydroxylation is 1. The minimum atomic E-state index is 0.505. The van der Waals surface area contributed by atoms with Crippen LogP contribution in [0.3, 0.4) is 0 Å². The van der Waals surface area contributed by atoms with E-state index in [-0.39, 0.29) is 0 Å². The molecule has 0 unspecified atom stereocenters. The van der Waals surface area contributed by atoms with E-state index >= 15 is 0 Å². The molecule has 1 aliphatic carbocycles. The second-order valence-corrected chi connectivity index (χ2v) is 6.82. The molecule has 0 bridgehead atoms. The van der Waals surface area contributed by atoms with Gasteiger partial charge in [0.1, 0.15) is 0 Å². The predicted octanol–water partition coefficient (Wildman–Crippen LogP) is 2.91. The van der Waals surface area contributed by atoms with Crippen LogP contribution in [-0.4, -0.2) is 30.1 Å². The van der Waals surface area contributed by atoms with Crippen molar-refractivity contribution in [3.05, 3.63) is 17.5 Å². The van der Waals surface area contributed by atoms with Crippen LogP contribution in [0.2, 0.25) is 0 Å². The molecule has 1 saturated carbocycles. The summed E-state index contributed by atoms with van der Waals surface area (Å²) in [5, 5.41) is 3.15. The van der Waals surface area contributed by atoms with Crippen molar-refractivity contribution in [1.29, 1.82) is 0 Å². The molecule has 0 saturated heterocycles. The SMILES string of the molecule is CNCc1cnc(N(C)C2CCC(C)(C)CC2)nc1C. The second kappa shape index (κ2) is 6.08. The monoisotopic (exact) mass is 276 g/mol. The molecule has 0 aliphatic heterocycles. The Morgan fingerprint density at radius 3 is 2.55 bits per heavy atom. The Morgan fingerprint density at radius 2 is 2.00 bits per heavy atom. The lowest BCUT2D eigenvalue weighted by atomic mass is 9.75. The van der Waals surface area contributed by atoms with Crippen molar-refractivity contribution in [2.75, 3.05) is 19.0 Å². The number of rotatable bonds is 4. The van der Waals surface area contributed by atoms with Gasteiger partial charge in [-0.1, -0.05) is 13.8 Å². The Balaban J connectivity index is 2.06. The van der Waals surface area contributed by atoms with Crippen LogP contribution >= 0.6 is 0 Å². The van der Waals surface area contributed by atoms with Crippen LogP contribution in [-0.2, 0) is 6.54 Å². The number of hydrogen-bond donors (Lipinski definition) is 1. The molecule has 1 heterocycles. The van der Waals surface area contributed by atoms with Gasteiger partial charge in [-0.25, -0.2) is 9.97 Å². The Labute approximate surface area is 123 Å². The highest BCUT2D eigenvalue weighted by Crippen LogP contribution is 2.37. The average Bonchev–Trinajstić information content (AvgIpc) is 2.40. The zero-order valence-electron chi connectivity index (χ0n) is 13.5. The van der Waals surface area contributed by atoms with Gasteiger partial charge >= 0.3 is 0 Å². The summed E-state index contributed by atoms with van der Waals surface area (Å²) >= 11 is 0. The fourth-order valence-corrected chi connectivity index (χ4v) is 2.95. The molecular weight excluding hydrogens is 248 g/mol. The van der Waals surface area contributed by atoms with E-state index in [9.17, 15) is 0 Å². The van der Waals surface area contributed by atoms with Crippen molar-refractivity contribution in [2.45, 2.75) is 59.0 Å². The summed E-state index contributed by atoms with van der Waals surface area (Å²) < 4.78 is 0. The summed E-state index contributed by atoms with van der Waals surface area (Å²) in [4.78, 5) is 11.5. The van der Waals surface area contributed by atoms with E-state index in [2.05, 4.69) is 48.0 Å². The first-order valence-corrected chi connectivity index (χ1v) is 7.63. The topological polar surface area (TPSA) is 41.1 Å². The average molecular weight is 276 g/mol. The van der Waals surface area contributed by atoms with Crippen molar-refractivity contribution < 1.29 is 0 Å². The van der Waals surface area contributed by atoms with Crippen molar-refractivity contribution in [1.82, 2.24) is 15.3 Å². The summed E-state index contributed by atoms with van der Waals surface area (Å²) in [6.45, 7) is 7.63. The molecular formula is C16H28N4. The molecule has 0 radical (unpaired) electrons. The van der Waals surface area contributed by atoms with E-state index < -0.39 is 0 Å². The van der Waals surface area contributed by atoms with Crippen molar-refractivity contribution in [3.8, 4) is 0 Å². The molecule has 1 fully saturated rings. The van der Waals surface area contributed by atoms with E-state index in [1.807, 2.05) is 13.2 Å². The van der Waals surface area contributed by atoms with Crippen LogP contribution < -0.4 is 10.2 Å². The first-order chi connectivity index (χ1) is 9.43. The molecule has 0 amide bonds. The quantitative estimate of drug-likeness (QED) is 0.918. The molecule has 112 valence electrons. The molecule has 1 N–H and O–H groups in total. The third kappa shape index (κ3) is 3.48. The van der Waals surface area contributed by atoms with Crippen molar-refractivity contribution in [3.63, 3.8) is 0 Å². The van der Waals surface area contributed by atoms with Gasteiger partial charge in [-0.15, -0.1) is 0 Å². The molecule has 1 aromatic rings. The Bertz CT molecular complexity index is 446. The molecule has 0 aromatic carbocycles. The number of nitrogens with zero attached hydrogens (tertiary/aromatic N) is 3. The summed E-state index contributed by atoms with van der Waals surface area (Å²) in [6, 6.07) is 0.581. The second-order valence-electron chi connectivity index (χ2n) is 6.82. The smallest absolute Gasteiger partial charge is 0.225 e. The van der Waals surface area contributed by atoms with E-state index in [1.165, 1.54) is 31.2 Å². The van der Waals surface area contributed by atoms with Crippen LogP contribution in [0.1, 0.15) is 50.8 Å². The van der Waals surface area contributed by atoms with Gasteiger partial charge in [0.15, 0.2) is 0 Å².